The van der Waals surface area contributed by atoms with Gasteiger partial charge in [-0.3, -0.25) is 0 Å². The van der Waals surface area contributed by atoms with Crippen molar-refractivity contribution in [1.82, 2.24) is 0 Å². The first kappa shape index (κ1) is 15.2. The van der Waals surface area contributed by atoms with Crippen LogP contribution in [0.5, 0.6) is 11.5 Å². The Balaban J connectivity index is 2.38. The predicted molar refractivity (Wildman–Crippen MR) is 86.1 cm³/mol. The maximum absolute atomic E-state index is 6.59. The Morgan fingerprint density at radius 3 is 2.40 bits per heavy atom. The molecule has 0 aliphatic carbocycles. The summed E-state index contributed by atoms with van der Waals surface area (Å²) >= 11 is 10.1. The number of rotatable bonds is 4. The maximum atomic E-state index is 6.59. The zero-order chi connectivity index (χ0) is 14.7. The van der Waals surface area contributed by atoms with E-state index in [9.17, 15) is 0 Å². The van der Waals surface area contributed by atoms with Gasteiger partial charge in [-0.1, -0.05) is 34.1 Å². The minimum Gasteiger partial charge on any atom is -0.497 e. The SMILES string of the molecule is COc1ccc(C(Cl)c2ccc(C)c(OC)c2)c(Br)c1. The highest BCUT2D eigenvalue weighted by Crippen LogP contribution is 2.37. The Hall–Kier alpha value is -1.19. The Morgan fingerprint density at radius 1 is 1.05 bits per heavy atom. The average molecular weight is 356 g/mol. The number of ether oxygens (including phenoxy) is 2. The largest absolute Gasteiger partial charge is 0.497 e. The lowest BCUT2D eigenvalue weighted by Crippen LogP contribution is -1.97. The molecule has 0 radical (unpaired) electrons. The molecule has 106 valence electrons. The third-order valence-electron chi connectivity index (χ3n) is 3.21. The summed E-state index contributed by atoms with van der Waals surface area (Å²) in [5.41, 5.74) is 3.09. The van der Waals surface area contributed by atoms with Gasteiger partial charge in [0.15, 0.2) is 0 Å². The van der Waals surface area contributed by atoms with Crippen molar-refractivity contribution in [3.8, 4) is 11.5 Å². The van der Waals surface area contributed by atoms with Crippen LogP contribution in [0.4, 0.5) is 0 Å². The normalized spacial score (nSPS) is 12.1. The summed E-state index contributed by atoms with van der Waals surface area (Å²) in [4.78, 5) is 0. The molecule has 0 amide bonds. The lowest BCUT2D eigenvalue weighted by atomic mass is 10.0. The van der Waals surface area contributed by atoms with Crippen LogP contribution in [0.15, 0.2) is 40.9 Å². The zero-order valence-corrected chi connectivity index (χ0v) is 14.0. The van der Waals surface area contributed by atoms with Crippen LogP contribution in [0.3, 0.4) is 0 Å². The van der Waals surface area contributed by atoms with Crippen molar-refractivity contribution >= 4 is 27.5 Å². The van der Waals surface area contributed by atoms with Gasteiger partial charge in [-0.25, -0.2) is 0 Å². The molecule has 0 heterocycles. The summed E-state index contributed by atoms with van der Waals surface area (Å²) in [7, 11) is 3.31. The Kier molecular flexibility index (Phi) is 4.95. The van der Waals surface area contributed by atoms with Gasteiger partial charge in [-0.2, -0.15) is 0 Å². The summed E-state index contributed by atoms with van der Waals surface area (Å²) in [6.07, 6.45) is 0. The molecule has 0 N–H and O–H groups in total. The molecule has 0 fully saturated rings. The van der Waals surface area contributed by atoms with Crippen LogP contribution >= 0.6 is 27.5 Å². The molecule has 1 unspecified atom stereocenters. The number of hydrogen-bond acceptors (Lipinski definition) is 2. The van der Waals surface area contributed by atoms with E-state index in [4.69, 9.17) is 21.1 Å². The first-order valence-corrected chi connectivity index (χ1v) is 7.41. The van der Waals surface area contributed by atoms with Crippen molar-refractivity contribution < 1.29 is 9.47 Å². The van der Waals surface area contributed by atoms with Crippen molar-refractivity contribution in [2.24, 2.45) is 0 Å². The van der Waals surface area contributed by atoms with E-state index >= 15 is 0 Å². The number of halogens is 2. The van der Waals surface area contributed by atoms with E-state index in [2.05, 4.69) is 15.9 Å². The van der Waals surface area contributed by atoms with Crippen LogP contribution in [0.1, 0.15) is 22.1 Å². The van der Waals surface area contributed by atoms with Gasteiger partial charge < -0.3 is 9.47 Å². The second kappa shape index (κ2) is 6.51. The van der Waals surface area contributed by atoms with Gasteiger partial charge in [0, 0.05) is 4.47 Å². The number of benzene rings is 2. The van der Waals surface area contributed by atoms with E-state index in [0.717, 1.165) is 32.7 Å². The van der Waals surface area contributed by atoms with Gasteiger partial charge in [-0.05, 0) is 41.8 Å². The van der Waals surface area contributed by atoms with Crippen LogP contribution < -0.4 is 9.47 Å². The molecule has 2 aromatic rings. The lowest BCUT2D eigenvalue weighted by molar-refractivity contribution is 0.411. The molecule has 2 nitrogen and oxygen atoms in total. The van der Waals surface area contributed by atoms with Crippen molar-refractivity contribution in [3.05, 3.63) is 57.6 Å². The maximum Gasteiger partial charge on any atom is 0.122 e. The lowest BCUT2D eigenvalue weighted by Gasteiger charge is -2.15. The molecule has 0 saturated heterocycles. The molecule has 0 aliphatic rings. The quantitative estimate of drug-likeness (QED) is 0.710. The molecule has 1 atom stereocenters. The number of alkyl halides is 1. The fraction of sp³-hybridized carbons (Fsp3) is 0.250. The standard InChI is InChI=1S/C16H16BrClO2/c1-10-4-5-11(8-15(10)20-3)16(18)13-7-6-12(19-2)9-14(13)17/h4-9,16H,1-3H3. The highest BCUT2D eigenvalue weighted by atomic mass is 79.9. The summed E-state index contributed by atoms with van der Waals surface area (Å²) in [6, 6.07) is 11.8. The van der Waals surface area contributed by atoms with E-state index in [1.807, 2.05) is 43.3 Å². The fourth-order valence-corrected chi connectivity index (χ4v) is 3.06. The second-order valence-electron chi connectivity index (χ2n) is 4.48. The molecule has 0 aromatic heterocycles. The Morgan fingerprint density at radius 2 is 1.80 bits per heavy atom. The van der Waals surface area contributed by atoms with Crippen LogP contribution in [-0.2, 0) is 0 Å². The first-order chi connectivity index (χ1) is 9.56. The van der Waals surface area contributed by atoms with Gasteiger partial charge in [-0.15, -0.1) is 11.6 Å². The van der Waals surface area contributed by atoms with Gasteiger partial charge in [0.2, 0.25) is 0 Å². The first-order valence-electron chi connectivity index (χ1n) is 6.19. The van der Waals surface area contributed by atoms with E-state index < -0.39 is 0 Å². The number of aryl methyl sites for hydroxylation is 1. The van der Waals surface area contributed by atoms with E-state index in [1.54, 1.807) is 14.2 Å². The topological polar surface area (TPSA) is 18.5 Å². The average Bonchev–Trinajstić information content (AvgIpc) is 2.47. The van der Waals surface area contributed by atoms with Gasteiger partial charge >= 0.3 is 0 Å². The van der Waals surface area contributed by atoms with Crippen molar-refractivity contribution in [2.45, 2.75) is 12.3 Å². The molecule has 0 bridgehead atoms. The van der Waals surface area contributed by atoms with E-state index in [-0.39, 0.29) is 5.38 Å². The highest BCUT2D eigenvalue weighted by molar-refractivity contribution is 9.10. The Labute approximate surface area is 132 Å². The van der Waals surface area contributed by atoms with Gasteiger partial charge in [0.25, 0.3) is 0 Å². The van der Waals surface area contributed by atoms with Crippen molar-refractivity contribution in [2.75, 3.05) is 14.2 Å². The molecule has 0 spiro atoms. The summed E-state index contributed by atoms with van der Waals surface area (Å²) < 4.78 is 11.5. The minimum absolute atomic E-state index is 0.246. The fourth-order valence-electron chi connectivity index (χ4n) is 2.01. The minimum atomic E-state index is -0.246. The zero-order valence-electron chi connectivity index (χ0n) is 11.6. The monoisotopic (exact) mass is 354 g/mol. The molecule has 0 saturated carbocycles. The summed E-state index contributed by atoms with van der Waals surface area (Å²) in [5.74, 6) is 1.64. The van der Waals surface area contributed by atoms with Crippen molar-refractivity contribution in [3.63, 3.8) is 0 Å². The van der Waals surface area contributed by atoms with Crippen LogP contribution in [0.2, 0.25) is 0 Å². The van der Waals surface area contributed by atoms with Crippen LogP contribution in [-0.4, -0.2) is 14.2 Å². The number of hydrogen-bond donors (Lipinski definition) is 0. The molecular formula is C16H16BrClO2. The molecule has 20 heavy (non-hydrogen) atoms. The van der Waals surface area contributed by atoms with Crippen LogP contribution in [0, 0.1) is 6.92 Å². The van der Waals surface area contributed by atoms with E-state index in [0.29, 0.717) is 0 Å². The van der Waals surface area contributed by atoms with Crippen molar-refractivity contribution in [1.29, 1.82) is 0 Å². The smallest absolute Gasteiger partial charge is 0.122 e. The summed E-state index contributed by atoms with van der Waals surface area (Å²) in [5, 5.41) is -0.246. The molecule has 2 rings (SSSR count). The molecule has 0 aliphatic heterocycles. The van der Waals surface area contributed by atoms with Gasteiger partial charge in [0.05, 0.1) is 19.6 Å². The second-order valence-corrected chi connectivity index (χ2v) is 5.77. The number of methoxy groups -OCH3 is 2. The van der Waals surface area contributed by atoms with E-state index in [1.165, 1.54) is 0 Å². The molecule has 4 heteroatoms. The predicted octanol–water partition coefficient (Wildman–Crippen LogP) is 5.10. The van der Waals surface area contributed by atoms with Gasteiger partial charge in [0.1, 0.15) is 11.5 Å². The highest BCUT2D eigenvalue weighted by Gasteiger charge is 2.16. The third kappa shape index (κ3) is 3.10. The molecule has 2 aromatic carbocycles. The van der Waals surface area contributed by atoms with Crippen LogP contribution in [0.25, 0.3) is 0 Å². The summed E-state index contributed by atoms with van der Waals surface area (Å²) in [6.45, 7) is 2.01. The third-order valence-corrected chi connectivity index (χ3v) is 4.38. The molecular weight excluding hydrogens is 340 g/mol. The Bertz CT molecular complexity index is 613.